The van der Waals surface area contributed by atoms with Gasteiger partial charge in [-0.15, -0.1) is 0 Å². The Morgan fingerprint density at radius 3 is 2.79 bits per heavy atom. The van der Waals surface area contributed by atoms with Crippen molar-refractivity contribution in [2.45, 2.75) is 64.3 Å². The van der Waals surface area contributed by atoms with Gasteiger partial charge in [0.15, 0.2) is 0 Å². The van der Waals surface area contributed by atoms with Gasteiger partial charge in [0, 0.05) is 13.2 Å². The van der Waals surface area contributed by atoms with Gasteiger partial charge in [0.2, 0.25) is 5.91 Å². The highest BCUT2D eigenvalue weighted by Crippen LogP contribution is 2.37. The van der Waals surface area contributed by atoms with Crippen molar-refractivity contribution >= 4 is 5.91 Å². The monoisotopic (exact) mass is 270 g/mol. The van der Waals surface area contributed by atoms with Gasteiger partial charge in [0.1, 0.15) is 5.54 Å². The third kappa shape index (κ3) is 4.46. The number of hydrogen-bond donors (Lipinski definition) is 2. The molecule has 0 aromatic heterocycles. The molecule has 0 bridgehead atoms. The highest BCUT2D eigenvalue weighted by molar-refractivity contribution is 5.85. The summed E-state index contributed by atoms with van der Waals surface area (Å²) in [5.74, 6) is 0.148. The minimum atomic E-state index is -0.482. The van der Waals surface area contributed by atoms with Crippen molar-refractivity contribution < 1.29 is 9.53 Å². The molecule has 1 fully saturated rings. The molecule has 2 unspecified atom stereocenters. The summed E-state index contributed by atoms with van der Waals surface area (Å²) in [6, 6.07) is 0. The first kappa shape index (κ1) is 16.4. The molecule has 0 radical (unpaired) electrons. The van der Waals surface area contributed by atoms with Crippen LogP contribution in [0.15, 0.2) is 0 Å². The molecule has 1 aliphatic carbocycles. The molecule has 1 aliphatic rings. The van der Waals surface area contributed by atoms with Gasteiger partial charge in [-0.3, -0.25) is 4.79 Å². The van der Waals surface area contributed by atoms with Gasteiger partial charge in [0.25, 0.3) is 0 Å². The Morgan fingerprint density at radius 1 is 1.37 bits per heavy atom. The highest BCUT2D eigenvalue weighted by Gasteiger charge is 2.46. The Balaban J connectivity index is 2.46. The summed E-state index contributed by atoms with van der Waals surface area (Å²) in [6.45, 7) is 6.70. The van der Waals surface area contributed by atoms with Gasteiger partial charge in [-0.05, 0) is 44.6 Å². The predicted molar refractivity (Wildman–Crippen MR) is 77.9 cm³/mol. The van der Waals surface area contributed by atoms with Crippen LogP contribution in [-0.2, 0) is 9.53 Å². The van der Waals surface area contributed by atoms with Gasteiger partial charge in [-0.2, -0.15) is 0 Å². The number of ether oxygens (including phenoxy) is 1. The van der Waals surface area contributed by atoms with Crippen LogP contribution < -0.4 is 11.1 Å². The van der Waals surface area contributed by atoms with E-state index in [9.17, 15) is 4.79 Å². The molecule has 2 atom stereocenters. The first-order valence-corrected chi connectivity index (χ1v) is 7.80. The zero-order chi connectivity index (χ0) is 14.1. The summed E-state index contributed by atoms with van der Waals surface area (Å²) in [6.07, 6.45) is 7.27. The minimum absolute atomic E-state index is 0.183. The number of unbranched alkanes of at least 4 members (excludes halogenated alkanes) is 1. The SMILES string of the molecule is CCCCOCCC1CCCC1(NCCC)C(N)=O. The van der Waals surface area contributed by atoms with Crippen LogP contribution in [0.1, 0.15) is 58.8 Å². The molecule has 0 aliphatic heterocycles. The van der Waals surface area contributed by atoms with Crippen molar-refractivity contribution in [3.05, 3.63) is 0 Å². The van der Waals surface area contributed by atoms with Crippen molar-refractivity contribution in [1.29, 1.82) is 0 Å². The number of rotatable bonds is 10. The van der Waals surface area contributed by atoms with E-state index < -0.39 is 5.54 Å². The van der Waals surface area contributed by atoms with E-state index in [0.29, 0.717) is 5.92 Å². The Hall–Kier alpha value is -0.610. The van der Waals surface area contributed by atoms with Crippen LogP contribution in [0.25, 0.3) is 0 Å². The molecule has 0 saturated heterocycles. The highest BCUT2D eigenvalue weighted by atomic mass is 16.5. The molecule has 1 saturated carbocycles. The summed E-state index contributed by atoms with van der Waals surface area (Å²) in [7, 11) is 0. The van der Waals surface area contributed by atoms with Crippen molar-refractivity contribution in [3.8, 4) is 0 Å². The van der Waals surface area contributed by atoms with Crippen LogP contribution >= 0.6 is 0 Å². The average Bonchev–Trinajstić information content (AvgIpc) is 2.80. The predicted octanol–water partition coefficient (Wildman–Crippen LogP) is 2.22. The third-order valence-electron chi connectivity index (χ3n) is 4.20. The van der Waals surface area contributed by atoms with Gasteiger partial charge >= 0.3 is 0 Å². The first-order valence-electron chi connectivity index (χ1n) is 7.80. The normalized spacial score (nSPS) is 26.7. The molecule has 3 N–H and O–H groups in total. The van der Waals surface area contributed by atoms with Crippen molar-refractivity contribution in [2.24, 2.45) is 11.7 Å². The van der Waals surface area contributed by atoms with E-state index in [1.54, 1.807) is 0 Å². The maximum atomic E-state index is 11.9. The van der Waals surface area contributed by atoms with Crippen molar-refractivity contribution in [2.75, 3.05) is 19.8 Å². The quantitative estimate of drug-likeness (QED) is 0.598. The first-order chi connectivity index (χ1) is 9.17. The second kappa shape index (κ2) is 8.54. The average molecular weight is 270 g/mol. The maximum Gasteiger partial charge on any atom is 0.238 e. The lowest BCUT2D eigenvalue weighted by molar-refractivity contribution is -0.126. The molecule has 0 spiro atoms. The summed E-state index contributed by atoms with van der Waals surface area (Å²) in [4.78, 5) is 11.9. The molecule has 0 aromatic rings. The molecule has 1 amide bonds. The summed E-state index contributed by atoms with van der Waals surface area (Å²) in [5.41, 5.74) is 5.19. The van der Waals surface area contributed by atoms with Crippen LogP contribution in [0, 0.1) is 5.92 Å². The van der Waals surface area contributed by atoms with Crippen LogP contribution in [0.5, 0.6) is 0 Å². The molecule has 4 heteroatoms. The Labute approximate surface area is 117 Å². The number of carbonyl (C=O) groups excluding carboxylic acids is 1. The van der Waals surface area contributed by atoms with E-state index in [-0.39, 0.29) is 5.91 Å². The number of carbonyl (C=O) groups is 1. The minimum Gasteiger partial charge on any atom is -0.381 e. The lowest BCUT2D eigenvalue weighted by Crippen LogP contribution is -2.58. The van der Waals surface area contributed by atoms with E-state index in [2.05, 4.69) is 19.2 Å². The molecule has 4 nitrogen and oxygen atoms in total. The van der Waals surface area contributed by atoms with Crippen LogP contribution in [-0.4, -0.2) is 31.2 Å². The topological polar surface area (TPSA) is 64.3 Å². The van der Waals surface area contributed by atoms with E-state index >= 15 is 0 Å². The molecular weight excluding hydrogens is 240 g/mol. The standard InChI is InChI=1S/C15H30N2O2/c1-3-5-11-19-12-8-13-7-6-9-15(13,14(16)18)17-10-4-2/h13,17H,3-12H2,1-2H3,(H2,16,18). The fourth-order valence-corrected chi connectivity index (χ4v) is 3.03. The molecule has 19 heavy (non-hydrogen) atoms. The third-order valence-corrected chi connectivity index (χ3v) is 4.20. The molecule has 112 valence electrons. The van der Waals surface area contributed by atoms with Crippen molar-refractivity contribution in [3.63, 3.8) is 0 Å². The Morgan fingerprint density at radius 2 is 2.16 bits per heavy atom. The Bertz CT molecular complexity index is 271. The van der Waals surface area contributed by atoms with Crippen LogP contribution in [0.4, 0.5) is 0 Å². The van der Waals surface area contributed by atoms with Crippen LogP contribution in [0.3, 0.4) is 0 Å². The van der Waals surface area contributed by atoms with Gasteiger partial charge < -0.3 is 15.8 Å². The van der Waals surface area contributed by atoms with Crippen molar-refractivity contribution in [1.82, 2.24) is 5.32 Å². The smallest absolute Gasteiger partial charge is 0.238 e. The maximum absolute atomic E-state index is 11.9. The van der Waals surface area contributed by atoms with E-state index in [4.69, 9.17) is 10.5 Å². The molecule has 0 aromatic carbocycles. The Kier molecular flexibility index (Phi) is 7.39. The van der Waals surface area contributed by atoms with E-state index in [1.807, 2.05) is 0 Å². The van der Waals surface area contributed by atoms with Gasteiger partial charge in [-0.25, -0.2) is 0 Å². The molecule has 1 rings (SSSR count). The second-order valence-electron chi connectivity index (χ2n) is 5.61. The summed E-state index contributed by atoms with van der Waals surface area (Å²) < 4.78 is 5.63. The van der Waals surface area contributed by atoms with Gasteiger partial charge in [-0.1, -0.05) is 26.7 Å². The van der Waals surface area contributed by atoms with Crippen LogP contribution in [0.2, 0.25) is 0 Å². The molecular formula is C15H30N2O2. The lowest BCUT2D eigenvalue weighted by Gasteiger charge is -2.33. The fraction of sp³-hybridized carbons (Fsp3) is 0.933. The zero-order valence-electron chi connectivity index (χ0n) is 12.5. The van der Waals surface area contributed by atoms with E-state index in [0.717, 1.165) is 64.7 Å². The zero-order valence-corrected chi connectivity index (χ0v) is 12.5. The second-order valence-corrected chi connectivity index (χ2v) is 5.61. The number of nitrogens with one attached hydrogen (secondary N) is 1. The summed E-state index contributed by atoms with van der Waals surface area (Å²) in [5, 5.41) is 3.42. The number of amides is 1. The number of nitrogens with two attached hydrogens (primary N) is 1. The largest absolute Gasteiger partial charge is 0.381 e. The molecule has 0 heterocycles. The lowest BCUT2D eigenvalue weighted by atomic mass is 9.84. The van der Waals surface area contributed by atoms with Gasteiger partial charge in [0.05, 0.1) is 0 Å². The fourth-order valence-electron chi connectivity index (χ4n) is 3.03. The summed E-state index contributed by atoms with van der Waals surface area (Å²) >= 11 is 0. The number of hydrogen-bond acceptors (Lipinski definition) is 3. The van der Waals surface area contributed by atoms with E-state index in [1.165, 1.54) is 0 Å². The number of primary amides is 1.